The van der Waals surface area contributed by atoms with E-state index in [2.05, 4.69) is 31.6 Å². The molecule has 4 N–H and O–H groups in total. The van der Waals surface area contributed by atoms with Crippen molar-refractivity contribution in [2.24, 2.45) is 10.7 Å². The van der Waals surface area contributed by atoms with Gasteiger partial charge in [0.1, 0.15) is 0 Å². The second kappa shape index (κ2) is 10.0. The lowest BCUT2D eigenvalue weighted by Crippen LogP contribution is -2.45. The number of carbonyl (C=O) groups is 1. The Morgan fingerprint density at radius 3 is 2.41 bits per heavy atom. The highest BCUT2D eigenvalue weighted by Crippen LogP contribution is 2.10. The normalized spacial score (nSPS) is 11.5. The molecule has 0 saturated heterocycles. The molecule has 1 aromatic carbocycles. The molecule has 0 aliphatic rings. The highest BCUT2D eigenvalue weighted by Gasteiger charge is 2.09. The fraction of sp³-hybridized carbons (Fsp3) is 0.467. The van der Waals surface area contributed by atoms with Gasteiger partial charge in [-0.15, -0.1) is 24.0 Å². The summed E-state index contributed by atoms with van der Waals surface area (Å²) in [4.78, 5) is 16.1. The largest absolute Gasteiger partial charge is 0.370 e. The van der Waals surface area contributed by atoms with Crippen molar-refractivity contribution in [2.75, 3.05) is 13.1 Å². The molecule has 0 fully saturated rings. The van der Waals surface area contributed by atoms with Crippen LogP contribution in [0.1, 0.15) is 37.6 Å². The van der Waals surface area contributed by atoms with E-state index < -0.39 is 0 Å². The van der Waals surface area contributed by atoms with E-state index >= 15 is 0 Å². The fourth-order valence-electron chi connectivity index (χ4n) is 1.61. The van der Waals surface area contributed by atoms with Gasteiger partial charge in [-0.1, -0.05) is 15.9 Å². The average Bonchev–Trinajstić information content (AvgIpc) is 2.36. The van der Waals surface area contributed by atoms with Gasteiger partial charge in [0.25, 0.3) is 5.91 Å². The number of guanidine groups is 1. The Kier molecular flexibility index (Phi) is 9.66. The summed E-state index contributed by atoms with van der Waals surface area (Å²) in [5.74, 6) is 0.356. The molecule has 0 aliphatic carbocycles. The molecule has 0 aliphatic heterocycles. The zero-order chi connectivity index (χ0) is 15.9. The Bertz CT molecular complexity index is 497. The number of nitrogens with one attached hydrogen (secondary N) is 2. The third-order valence-electron chi connectivity index (χ3n) is 2.51. The maximum Gasteiger partial charge on any atom is 0.251 e. The maximum atomic E-state index is 11.8. The van der Waals surface area contributed by atoms with Crippen LogP contribution in [0.15, 0.2) is 33.7 Å². The topological polar surface area (TPSA) is 79.5 Å². The molecular formula is C15H24BrIN4O. The third kappa shape index (κ3) is 9.24. The minimum atomic E-state index is -0.0939. The van der Waals surface area contributed by atoms with Gasteiger partial charge in [-0.3, -0.25) is 9.79 Å². The number of carbonyl (C=O) groups excluding carboxylic acids is 1. The number of halogens is 2. The number of amides is 1. The second-order valence-corrected chi connectivity index (χ2v) is 6.67. The highest BCUT2D eigenvalue weighted by molar-refractivity contribution is 14.0. The summed E-state index contributed by atoms with van der Waals surface area (Å²) in [7, 11) is 0. The van der Waals surface area contributed by atoms with Crippen LogP contribution in [0.2, 0.25) is 0 Å². The van der Waals surface area contributed by atoms with E-state index in [1.165, 1.54) is 0 Å². The average molecular weight is 483 g/mol. The number of benzene rings is 1. The van der Waals surface area contributed by atoms with Crippen LogP contribution in [0.3, 0.4) is 0 Å². The highest BCUT2D eigenvalue weighted by atomic mass is 127. The van der Waals surface area contributed by atoms with Crippen molar-refractivity contribution in [2.45, 2.75) is 32.7 Å². The van der Waals surface area contributed by atoms with E-state index in [0.717, 1.165) is 10.9 Å². The van der Waals surface area contributed by atoms with Gasteiger partial charge in [0.15, 0.2) is 5.96 Å². The maximum absolute atomic E-state index is 11.8. The Balaban J connectivity index is 0.00000441. The van der Waals surface area contributed by atoms with E-state index in [0.29, 0.717) is 24.6 Å². The monoisotopic (exact) mass is 482 g/mol. The molecule has 124 valence electrons. The SMILES string of the molecule is CC(C)(C)NC(N)=NCCCNC(=O)c1ccc(Br)cc1.I. The summed E-state index contributed by atoms with van der Waals surface area (Å²) < 4.78 is 0.954. The number of nitrogens with two attached hydrogens (primary N) is 1. The fourth-order valence-corrected chi connectivity index (χ4v) is 1.87. The van der Waals surface area contributed by atoms with Gasteiger partial charge in [0, 0.05) is 28.7 Å². The molecule has 0 unspecified atom stereocenters. The summed E-state index contributed by atoms with van der Waals surface area (Å²) in [6.07, 6.45) is 0.745. The van der Waals surface area contributed by atoms with Crippen LogP contribution < -0.4 is 16.4 Å². The van der Waals surface area contributed by atoms with E-state index in [1.807, 2.05) is 32.9 Å². The summed E-state index contributed by atoms with van der Waals surface area (Å²) in [5.41, 5.74) is 6.31. The summed E-state index contributed by atoms with van der Waals surface area (Å²) in [6, 6.07) is 7.25. The predicted molar refractivity (Wildman–Crippen MR) is 106 cm³/mol. The van der Waals surface area contributed by atoms with Gasteiger partial charge in [0.2, 0.25) is 0 Å². The first-order valence-electron chi connectivity index (χ1n) is 6.90. The molecule has 1 amide bonds. The minimum absolute atomic E-state index is 0. The van der Waals surface area contributed by atoms with E-state index in [4.69, 9.17) is 5.73 Å². The standard InChI is InChI=1S/C15H23BrN4O.HI/c1-15(2,3)20-14(17)19-10-4-9-18-13(21)11-5-7-12(16)8-6-11;/h5-8H,4,9-10H2,1-3H3,(H,18,21)(H3,17,19,20);1H. The van der Waals surface area contributed by atoms with Gasteiger partial charge in [-0.25, -0.2) is 0 Å². The molecule has 0 radical (unpaired) electrons. The first-order chi connectivity index (χ1) is 9.78. The quantitative estimate of drug-likeness (QED) is 0.261. The molecule has 0 aromatic heterocycles. The lowest BCUT2D eigenvalue weighted by molar-refractivity contribution is 0.0953. The van der Waals surface area contributed by atoms with Gasteiger partial charge in [-0.05, 0) is 51.5 Å². The number of rotatable bonds is 5. The zero-order valence-electron chi connectivity index (χ0n) is 13.1. The van der Waals surface area contributed by atoms with Crippen molar-refractivity contribution in [3.63, 3.8) is 0 Å². The molecule has 1 aromatic rings. The Hall–Kier alpha value is -0.830. The molecule has 0 bridgehead atoms. The summed E-state index contributed by atoms with van der Waals surface area (Å²) in [6.45, 7) is 7.21. The van der Waals surface area contributed by atoms with Crippen LogP contribution in [0.4, 0.5) is 0 Å². The smallest absolute Gasteiger partial charge is 0.251 e. The van der Waals surface area contributed by atoms with Crippen molar-refractivity contribution in [1.29, 1.82) is 0 Å². The lowest BCUT2D eigenvalue weighted by Gasteiger charge is -2.20. The number of hydrogen-bond donors (Lipinski definition) is 3. The van der Waals surface area contributed by atoms with Crippen molar-refractivity contribution in [1.82, 2.24) is 10.6 Å². The van der Waals surface area contributed by atoms with Gasteiger partial charge in [-0.2, -0.15) is 0 Å². The van der Waals surface area contributed by atoms with Crippen LogP contribution in [0, 0.1) is 0 Å². The first kappa shape index (κ1) is 21.2. The van der Waals surface area contributed by atoms with Gasteiger partial charge < -0.3 is 16.4 Å². The van der Waals surface area contributed by atoms with Crippen molar-refractivity contribution >= 4 is 51.8 Å². The molecule has 0 spiro atoms. The minimum Gasteiger partial charge on any atom is -0.370 e. The van der Waals surface area contributed by atoms with Crippen molar-refractivity contribution < 1.29 is 4.79 Å². The molecule has 5 nitrogen and oxygen atoms in total. The molecule has 0 saturated carbocycles. The van der Waals surface area contributed by atoms with Crippen LogP contribution in [0.5, 0.6) is 0 Å². The van der Waals surface area contributed by atoms with Crippen molar-refractivity contribution in [3.8, 4) is 0 Å². The number of aliphatic imine (C=N–C) groups is 1. The number of hydrogen-bond acceptors (Lipinski definition) is 2. The Morgan fingerprint density at radius 1 is 1.27 bits per heavy atom. The van der Waals surface area contributed by atoms with Crippen molar-refractivity contribution in [3.05, 3.63) is 34.3 Å². The van der Waals surface area contributed by atoms with E-state index in [-0.39, 0.29) is 35.4 Å². The van der Waals surface area contributed by atoms with Crippen LogP contribution >= 0.6 is 39.9 Å². The molecule has 1 rings (SSSR count). The Labute approximate surface area is 157 Å². The zero-order valence-corrected chi connectivity index (χ0v) is 17.1. The summed E-state index contributed by atoms with van der Waals surface area (Å²) >= 11 is 3.34. The third-order valence-corrected chi connectivity index (χ3v) is 3.04. The predicted octanol–water partition coefficient (Wildman–Crippen LogP) is 2.89. The molecule has 22 heavy (non-hydrogen) atoms. The van der Waals surface area contributed by atoms with E-state index in [1.54, 1.807) is 12.1 Å². The second-order valence-electron chi connectivity index (χ2n) is 5.76. The van der Waals surface area contributed by atoms with Crippen LogP contribution in [-0.4, -0.2) is 30.5 Å². The first-order valence-corrected chi connectivity index (χ1v) is 7.69. The van der Waals surface area contributed by atoms with E-state index in [9.17, 15) is 4.79 Å². The van der Waals surface area contributed by atoms with Gasteiger partial charge >= 0.3 is 0 Å². The molecule has 0 heterocycles. The van der Waals surface area contributed by atoms with Crippen LogP contribution in [-0.2, 0) is 0 Å². The summed E-state index contributed by atoms with van der Waals surface area (Å²) in [5, 5.41) is 5.94. The molecule has 0 atom stereocenters. The molecular weight excluding hydrogens is 459 g/mol. The number of nitrogens with zero attached hydrogens (tertiary/aromatic N) is 1. The lowest BCUT2D eigenvalue weighted by atomic mass is 10.1. The van der Waals surface area contributed by atoms with Crippen LogP contribution in [0.25, 0.3) is 0 Å². The molecule has 7 heteroatoms. The van der Waals surface area contributed by atoms with Gasteiger partial charge in [0.05, 0.1) is 0 Å². The Morgan fingerprint density at radius 2 is 1.86 bits per heavy atom.